The van der Waals surface area contributed by atoms with E-state index in [1.165, 1.54) is 18.2 Å². The minimum atomic E-state index is -4.62. The lowest BCUT2D eigenvalue weighted by molar-refractivity contribution is -0.223. The van der Waals surface area contributed by atoms with Crippen molar-refractivity contribution >= 4 is 11.6 Å². The van der Waals surface area contributed by atoms with E-state index >= 15 is 0 Å². The molecule has 2 N–H and O–H groups in total. The van der Waals surface area contributed by atoms with E-state index in [0.29, 0.717) is 0 Å². The van der Waals surface area contributed by atoms with Crippen LogP contribution in [0.3, 0.4) is 0 Å². The molecule has 0 aromatic heterocycles. The van der Waals surface area contributed by atoms with E-state index in [1.54, 1.807) is 17.9 Å². The van der Waals surface area contributed by atoms with E-state index < -0.39 is 36.0 Å². The first-order valence-electron chi connectivity index (χ1n) is 7.74. The van der Waals surface area contributed by atoms with Gasteiger partial charge in [-0.1, -0.05) is 12.1 Å². The number of amides is 1. The van der Waals surface area contributed by atoms with E-state index in [-0.39, 0.29) is 31.6 Å². The molecule has 1 fully saturated rings. The number of likely N-dealkylation sites (tertiary alicyclic amines) is 1. The summed E-state index contributed by atoms with van der Waals surface area (Å²) in [7, 11) is 0. The highest BCUT2D eigenvalue weighted by Gasteiger charge is 2.44. The number of nitrogens with zero attached hydrogens (tertiary/aromatic N) is 1. The second-order valence-corrected chi connectivity index (χ2v) is 6.00. The van der Waals surface area contributed by atoms with Gasteiger partial charge in [-0.25, -0.2) is 4.39 Å². The van der Waals surface area contributed by atoms with Crippen molar-refractivity contribution in [1.29, 1.82) is 0 Å². The monoisotopic (exact) mass is 348 g/mol. The van der Waals surface area contributed by atoms with Gasteiger partial charge in [0.1, 0.15) is 5.82 Å². The Kier molecular flexibility index (Phi) is 5.82. The number of para-hydroxylation sites is 1. The predicted molar refractivity (Wildman–Crippen MR) is 80.9 cm³/mol. The van der Waals surface area contributed by atoms with Gasteiger partial charge in [0.15, 0.2) is 6.10 Å². The van der Waals surface area contributed by atoms with Crippen LogP contribution in [-0.2, 0) is 4.79 Å². The fourth-order valence-corrected chi connectivity index (χ4v) is 2.86. The number of carbonyl (C=O) groups excluding carboxylic acids is 1. The first-order valence-corrected chi connectivity index (χ1v) is 7.74. The van der Waals surface area contributed by atoms with E-state index in [2.05, 4.69) is 5.32 Å². The number of piperidine rings is 1. The lowest BCUT2D eigenvalue weighted by Crippen LogP contribution is -2.49. The Morgan fingerprint density at radius 2 is 1.88 bits per heavy atom. The number of aliphatic hydroxyl groups excluding tert-OH is 1. The number of carbonyl (C=O) groups is 1. The molecule has 1 amide bonds. The Labute approximate surface area is 137 Å². The molecule has 0 saturated carbocycles. The van der Waals surface area contributed by atoms with E-state index in [9.17, 15) is 27.5 Å². The summed E-state index contributed by atoms with van der Waals surface area (Å²) in [5, 5.41) is 11.8. The predicted octanol–water partition coefficient (Wildman–Crippen LogP) is 2.79. The summed E-state index contributed by atoms with van der Waals surface area (Å²) in [6, 6.07) is 5.16. The number of hydrogen-bond donors (Lipinski definition) is 2. The summed E-state index contributed by atoms with van der Waals surface area (Å²) >= 11 is 0. The number of benzene rings is 1. The minimum Gasteiger partial charge on any atom is -0.383 e. The summed E-state index contributed by atoms with van der Waals surface area (Å²) < 4.78 is 51.1. The molecule has 1 heterocycles. The molecule has 8 heteroatoms. The largest absolute Gasteiger partial charge is 0.414 e. The molecule has 1 aliphatic rings. The van der Waals surface area contributed by atoms with Gasteiger partial charge in [0.25, 0.3) is 0 Å². The standard InChI is InChI=1S/C16H20F4N2O2/c1-10(15(24)21-13-5-3-2-4-12(13)17)22-8-6-11(7-9-22)14(23)16(18,19)20/h2-5,10-11,14,23H,6-9H2,1H3,(H,21,24). The maximum atomic E-state index is 13.5. The molecule has 1 aromatic carbocycles. The van der Waals surface area contributed by atoms with E-state index in [4.69, 9.17) is 0 Å². The molecule has 0 bridgehead atoms. The highest BCUT2D eigenvalue weighted by Crippen LogP contribution is 2.32. The Morgan fingerprint density at radius 1 is 1.29 bits per heavy atom. The van der Waals surface area contributed by atoms with Gasteiger partial charge in [0, 0.05) is 0 Å². The Morgan fingerprint density at radius 3 is 2.42 bits per heavy atom. The second-order valence-electron chi connectivity index (χ2n) is 6.00. The Hall–Kier alpha value is -1.67. The SMILES string of the molecule is CC(C(=O)Nc1ccccc1F)N1CCC(C(O)C(F)(F)F)CC1. The van der Waals surface area contributed by atoms with Crippen molar-refractivity contribution < 1.29 is 27.5 Å². The van der Waals surface area contributed by atoms with Crippen LogP contribution in [0.4, 0.5) is 23.2 Å². The average molecular weight is 348 g/mol. The van der Waals surface area contributed by atoms with Crippen molar-refractivity contribution in [2.75, 3.05) is 18.4 Å². The highest BCUT2D eigenvalue weighted by molar-refractivity contribution is 5.94. The zero-order valence-electron chi connectivity index (χ0n) is 13.2. The third kappa shape index (κ3) is 4.45. The fourth-order valence-electron chi connectivity index (χ4n) is 2.86. The molecule has 24 heavy (non-hydrogen) atoms. The van der Waals surface area contributed by atoms with Gasteiger partial charge in [-0.15, -0.1) is 0 Å². The fraction of sp³-hybridized carbons (Fsp3) is 0.562. The van der Waals surface area contributed by atoms with Crippen LogP contribution in [-0.4, -0.2) is 47.3 Å². The first-order chi connectivity index (χ1) is 11.2. The van der Waals surface area contributed by atoms with E-state index in [1.807, 2.05) is 0 Å². The Bertz CT molecular complexity index is 571. The quantitative estimate of drug-likeness (QED) is 0.823. The van der Waals surface area contributed by atoms with Gasteiger partial charge >= 0.3 is 6.18 Å². The average Bonchev–Trinajstić information content (AvgIpc) is 2.55. The maximum Gasteiger partial charge on any atom is 0.414 e. The number of rotatable bonds is 4. The summed E-state index contributed by atoms with van der Waals surface area (Å²) in [6.45, 7) is 2.16. The van der Waals surface area contributed by atoms with Gasteiger partial charge < -0.3 is 10.4 Å². The molecule has 2 unspecified atom stereocenters. The van der Waals surface area contributed by atoms with Crippen molar-refractivity contribution in [3.05, 3.63) is 30.1 Å². The summed E-state index contributed by atoms with van der Waals surface area (Å²) in [5.74, 6) is -1.83. The van der Waals surface area contributed by atoms with Crippen LogP contribution in [0.25, 0.3) is 0 Å². The summed E-state index contributed by atoms with van der Waals surface area (Å²) in [4.78, 5) is 13.9. The van der Waals surface area contributed by atoms with Crippen LogP contribution in [0, 0.1) is 11.7 Å². The molecular weight excluding hydrogens is 328 g/mol. The molecule has 1 aromatic rings. The lowest BCUT2D eigenvalue weighted by atomic mass is 9.90. The number of nitrogens with one attached hydrogen (secondary N) is 1. The van der Waals surface area contributed by atoms with Crippen LogP contribution in [0.1, 0.15) is 19.8 Å². The van der Waals surface area contributed by atoms with Crippen molar-refractivity contribution in [3.63, 3.8) is 0 Å². The zero-order chi connectivity index (χ0) is 17.9. The van der Waals surface area contributed by atoms with Crippen molar-refractivity contribution in [3.8, 4) is 0 Å². The molecule has 0 spiro atoms. The maximum absolute atomic E-state index is 13.5. The van der Waals surface area contributed by atoms with Gasteiger partial charge in [-0.05, 0) is 50.9 Å². The van der Waals surface area contributed by atoms with Gasteiger partial charge in [0.2, 0.25) is 5.91 Å². The van der Waals surface area contributed by atoms with Crippen LogP contribution >= 0.6 is 0 Å². The molecular formula is C16H20F4N2O2. The number of hydrogen-bond acceptors (Lipinski definition) is 3. The van der Waals surface area contributed by atoms with Crippen molar-refractivity contribution in [1.82, 2.24) is 4.90 Å². The van der Waals surface area contributed by atoms with Crippen LogP contribution in [0.2, 0.25) is 0 Å². The Balaban J connectivity index is 1.89. The smallest absolute Gasteiger partial charge is 0.383 e. The topological polar surface area (TPSA) is 52.6 Å². The van der Waals surface area contributed by atoms with Gasteiger partial charge in [0.05, 0.1) is 11.7 Å². The molecule has 0 radical (unpaired) electrons. The second kappa shape index (κ2) is 7.48. The molecule has 2 atom stereocenters. The molecule has 134 valence electrons. The van der Waals surface area contributed by atoms with Crippen molar-refractivity contribution in [2.24, 2.45) is 5.92 Å². The molecule has 2 rings (SSSR count). The lowest BCUT2D eigenvalue weighted by Gasteiger charge is -2.37. The minimum absolute atomic E-state index is 0.0664. The van der Waals surface area contributed by atoms with E-state index in [0.717, 1.165) is 0 Å². The van der Waals surface area contributed by atoms with Gasteiger partial charge in [-0.3, -0.25) is 9.69 Å². The first kappa shape index (κ1) is 18.7. The zero-order valence-corrected chi connectivity index (χ0v) is 13.2. The highest BCUT2D eigenvalue weighted by atomic mass is 19.4. The molecule has 1 saturated heterocycles. The van der Waals surface area contributed by atoms with Crippen molar-refractivity contribution in [2.45, 2.75) is 38.1 Å². The van der Waals surface area contributed by atoms with Crippen LogP contribution < -0.4 is 5.32 Å². The number of halogens is 4. The number of aliphatic hydroxyl groups is 1. The van der Waals surface area contributed by atoms with Crippen LogP contribution in [0.15, 0.2) is 24.3 Å². The normalized spacial score (nSPS) is 19.8. The molecule has 4 nitrogen and oxygen atoms in total. The summed E-state index contributed by atoms with van der Waals surface area (Å²) in [5.41, 5.74) is 0.0664. The summed E-state index contributed by atoms with van der Waals surface area (Å²) in [6.07, 6.45) is -6.65. The molecule has 1 aliphatic heterocycles. The molecule has 0 aliphatic carbocycles. The van der Waals surface area contributed by atoms with Gasteiger partial charge in [-0.2, -0.15) is 13.2 Å². The number of alkyl halides is 3. The van der Waals surface area contributed by atoms with Crippen LogP contribution in [0.5, 0.6) is 0 Å². The third-order valence-electron chi connectivity index (χ3n) is 4.41. The number of anilines is 1. The third-order valence-corrected chi connectivity index (χ3v) is 4.41.